The molecular weight excluding hydrogens is 473 g/mol. The molecule has 2 aromatic carbocycles. The summed E-state index contributed by atoms with van der Waals surface area (Å²) in [4.78, 5) is 11.1. The molecule has 2 aromatic rings. The lowest BCUT2D eigenvalue weighted by atomic mass is 9.71. The first-order chi connectivity index (χ1) is 16.4. The highest BCUT2D eigenvalue weighted by molar-refractivity contribution is 8.07. The number of rotatable bonds is 8. The molecule has 3 rings (SSSR count). The molecule has 35 heavy (non-hydrogen) atoms. The van der Waals surface area contributed by atoms with Crippen molar-refractivity contribution in [3.8, 4) is 5.75 Å². The summed E-state index contributed by atoms with van der Waals surface area (Å²) in [5.74, 6) is -2.31. The summed E-state index contributed by atoms with van der Waals surface area (Å²) in [6.45, 7) is 4.61. The molecule has 10 heteroatoms. The van der Waals surface area contributed by atoms with E-state index in [0.717, 1.165) is 30.7 Å². The minimum atomic E-state index is -4.37. The maximum atomic E-state index is 14.0. The average Bonchev–Trinajstić information content (AvgIpc) is 2.79. The number of carboxylic acids is 1. The molecule has 0 aliphatic heterocycles. The van der Waals surface area contributed by atoms with E-state index in [2.05, 4.69) is 36.0 Å². The molecule has 0 amide bonds. The normalized spacial score (nSPS) is 16.1. The van der Waals surface area contributed by atoms with Gasteiger partial charge in [-0.1, -0.05) is 26.0 Å². The summed E-state index contributed by atoms with van der Waals surface area (Å²) in [7, 11) is -3.18. The van der Waals surface area contributed by atoms with Crippen LogP contribution in [0.25, 0.3) is 0 Å². The monoisotopic (exact) mass is 503 g/mol. The summed E-state index contributed by atoms with van der Waals surface area (Å²) >= 11 is 0. The van der Waals surface area contributed by atoms with E-state index in [9.17, 15) is 17.6 Å². The Labute approximate surface area is 204 Å². The van der Waals surface area contributed by atoms with Gasteiger partial charge in [0.1, 0.15) is 11.6 Å². The Balaban J connectivity index is 1.62. The summed E-state index contributed by atoms with van der Waals surface area (Å²) in [5, 5.41) is 19.1. The molecule has 1 aliphatic carbocycles. The molecule has 0 atom stereocenters. The second kappa shape index (κ2) is 10.5. The molecule has 188 valence electrons. The van der Waals surface area contributed by atoms with Crippen LogP contribution in [0.5, 0.6) is 5.75 Å². The van der Waals surface area contributed by atoms with E-state index >= 15 is 0 Å². The molecular formula is C25H30FN3O5S. The van der Waals surface area contributed by atoms with Crippen LogP contribution in [0.2, 0.25) is 0 Å². The molecule has 0 radical (unpaired) electrons. The lowest BCUT2D eigenvalue weighted by molar-refractivity contribution is 0.0691. The third-order valence-corrected chi connectivity index (χ3v) is 7.46. The topological polar surface area (TPSA) is 129 Å². The molecule has 8 nitrogen and oxygen atoms in total. The van der Waals surface area contributed by atoms with E-state index in [-0.39, 0.29) is 11.4 Å². The summed E-state index contributed by atoms with van der Waals surface area (Å²) < 4.78 is 46.0. The molecule has 4 N–H and O–H groups in total. The first-order valence-corrected chi connectivity index (χ1v) is 12.7. The number of hydrogen-bond donors (Lipinski definition) is 4. The zero-order valence-electron chi connectivity index (χ0n) is 19.9. The van der Waals surface area contributed by atoms with E-state index < -0.39 is 32.4 Å². The molecule has 0 saturated heterocycles. The van der Waals surface area contributed by atoms with Crippen molar-refractivity contribution in [3.05, 3.63) is 65.6 Å². The molecule has 0 aromatic heterocycles. The molecule has 0 spiro atoms. The van der Waals surface area contributed by atoms with E-state index in [1.54, 1.807) is 0 Å². The summed E-state index contributed by atoms with van der Waals surface area (Å²) in [6, 6.07) is 9.51. The predicted molar refractivity (Wildman–Crippen MR) is 134 cm³/mol. The van der Waals surface area contributed by atoms with Gasteiger partial charge in [0.2, 0.25) is 0 Å². The van der Waals surface area contributed by atoms with Crippen LogP contribution >= 0.6 is 0 Å². The van der Waals surface area contributed by atoms with Crippen LogP contribution in [0.1, 0.15) is 61.4 Å². The summed E-state index contributed by atoms with van der Waals surface area (Å²) in [6.07, 6.45) is 7.10. The second-order valence-corrected chi connectivity index (χ2v) is 11.0. The Morgan fingerprint density at radius 3 is 2.40 bits per heavy atom. The minimum absolute atomic E-state index is 0.191. The quantitative estimate of drug-likeness (QED) is 0.276. The first-order valence-electron chi connectivity index (χ1n) is 11.2. The average molecular weight is 504 g/mol. The number of ether oxygens (including phenoxy) is 1. The largest absolute Gasteiger partial charge is 0.495 e. The van der Waals surface area contributed by atoms with Gasteiger partial charge in [-0.25, -0.2) is 9.18 Å². The Bertz CT molecular complexity index is 1230. The van der Waals surface area contributed by atoms with E-state index in [1.165, 1.54) is 31.7 Å². The molecule has 0 heterocycles. The van der Waals surface area contributed by atoms with Crippen LogP contribution in [-0.4, -0.2) is 31.6 Å². The first kappa shape index (κ1) is 26.2. The lowest BCUT2D eigenvalue weighted by Gasteiger charge is -2.34. The molecule has 1 aliphatic rings. The van der Waals surface area contributed by atoms with E-state index in [1.807, 2.05) is 12.1 Å². The smallest absolute Gasteiger partial charge is 0.338 e. The van der Waals surface area contributed by atoms with Crippen LogP contribution < -0.4 is 14.8 Å². The highest BCUT2D eigenvalue weighted by atomic mass is 32.2. The fourth-order valence-electron chi connectivity index (χ4n) is 4.05. The van der Waals surface area contributed by atoms with Crippen molar-refractivity contribution in [2.45, 2.75) is 45.4 Å². The minimum Gasteiger partial charge on any atom is -0.495 e. The third-order valence-electron chi connectivity index (χ3n) is 6.26. The van der Waals surface area contributed by atoms with Gasteiger partial charge in [0.05, 0.1) is 18.4 Å². The van der Waals surface area contributed by atoms with Gasteiger partial charge in [0.15, 0.2) is 5.04 Å². The fraction of sp³-hybridized carbons (Fsp3) is 0.360. The predicted octanol–water partition coefficient (Wildman–Crippen LogP) is 5.56. The summed E-state index contributed by atoms with van der Waals surface area (Å²) in [5.41, 5.74) is 1.45. The van der Waals surface area contributed by atoms with E-state index in [4.69, 9.17) is 15.3 Å². The Hall–Kier alpha value is -3.40. The second-order valence-electron chi connectivity index (χ2n) is 9.35. The number of sulfonamides is 1. The van der Waals surface area contributed by atoms with Crippen molar-refractivity contribution in [1.82, 2.24) is 0 Å². The van der Waals surface area contributed by atoms with Crippen molar-refractivity contribution >= 4 is 32.4 Å². The lowest BCUT2D eigenvalue weighted by Crippen LogP contribution is -2.21. The number of carboxylic acid groups (broad SMARTS) is 1. The number of carbonyl (C=O) groups is 1. The van der Waals surface area contributed by atoms with Gasteiger partial charge >= 0.3 is 5.97 Å². The van der Waals surface area contributed by atoms with Crippen LogP contribution in [0.15, 0.2) is 48.7 Å². The van der Waals surface area contributed by atoms with Crippen LogP contribution in [0.3, 0.4) is 0 Å². The Morgan fingerprint density at radius 2 is 1.83 bits per heavy atom. The molecule has 0 bridgehead atoms. The van der Waals surface area contributed by atoms with Crippen LogP contribution in [-0.2, 0) is 10.0 Å². The van der Waals surface area contributed by atoms with Crippen molar-refractivity contribution < 1.29 is 27.4 Å². The third kappa shape index (κ3) is 6.60. The molecule has 1 saturated carbocycles. The number of anilines is 2. The maximum Gasteiger partial charge on any atom is 0.338 e. The van der Waals surface area contributed by atoms with Gasteiger partial charge < -0.3 is 15.2 Å². The SMILES string of the molecule is COc1cc(C(=O)O)c(F)cc1NS(=O)(=O)C(=N)/C=C\Nc1ccc(C2CCC(C)(C)CC2)cc1. The Kier molecular flexibility index (Phi) is 7.84. The van der Waals surface area contributed by atoms with Crippen LogP contribution in [0.4, 0.5) is 15.8 Å². The van der Waals surface area contributed by atoms with Gasteiger partial charge in [0.25, 0.3) is 10.0 Å². The Morgan fingerprint density at radius 1 is 1.20 bits per heavy atom. The highest BCUT2D eigenvalue weighted by Crippen LogP contribution is 2.42. The highest BCUT2D eigenvalue weighted by Gasteiger charge is 2.27. The maximum absolute atomic E-state index is 14.0. The molecule has 0 unspecified atom stereocenters. The van der Waals surface area contributed by atoms with Crippen molar-refractivity contribution in [2.75, 3.05) is 17.1 Å². The van der Waals surface area contributed by atoms with Crippen molar-refractivity contribution in [1.29, 1.82) is 5.41 Å². The van der Waals surface area contributed by atoms with Gasteiger partial charge in [-0.2, -0.15) is 8.42 Å². The van der Waals surface area contributed by atoms with Crippen LogP contribution in [0, 0.1) is 16.6 Å². The number of benzene rings is 2. The number of aromatic carboxylic acids is 1. The van der Waals surface area contributed by atoms with Crippen molar-refractivity contribution in [3.63, 3.8) is 0 Å². The molecule has 1 fully saturated rings. The van der Waals surface area contributed by atoms with Gasteiger partial charge in [-0.05, 0) is 66.9 Å². The standard InChI is InChI=1S/C25H30FN3O5S/c1-25(2)11-8-17(9-12-25)16-4-6-18(7-5-16)28-13-10-23(27)35(32,33)29-21-15-20(26)19(24(30)31)14-22(21)34-3/h4-7,10,13-15,17,27-29H,8-9,11-12H2,1-3H3,(H,30,31)/b13-10-,27-23?. The van der Waals surface area contributed by atoms with Gasteiger partial charge in [-0.15, -0.1) is 0 Å². The van der Waals surface area contributed by atoms with Gasteiger partial charge in [-0.3, -0.25) is 10.1 Å². The van der Waals surface area contributed by atoms with Crippen molar-refractivity contribution in [2.24, 2.45) is 5.41 Å². The number of nitrogens with one attached hydrogen (secondary N) is 3. The number of hydrogen-bond acceptors (Lipinski definition) is 6. The zero-order valence-corrected chi connectivity index (χ0v) is 20.7. The van der Waals surface area contributed by atoms with E-state index in [0.29, 0.717) is 17.4 Å². The number of methoxy groups -OCH3 is 1. The number of halogens is 1. The fourth-order valence-corrected chi connectivity index (χ4v) is 4.86. The zero-order chi connectivity index (χ0) is 25.8. The van der Waals surface area contributed by atoms with Gasteiger partial charge in [0, 0.05) is 18.0 Å².